The van der Waals surface area contributed by atoms with Crippen molar-refractivity contribution in [1.82, 2.24) is 5.32 Å². The molecule has 1 amide bonds. The van der Waals surface area contributed by atoms with Crippen molar-refractivity contribution in [1.29, 1.82) is 0 Å². The molecule has 0 aliphatic heterocycles. The van der Waals surface area contributed by atoms with Gasteiger partial charge in [-0.05, 0) is 42.2 Å². The molecular formula is C13H19NO2S. The van der Waals surface area contributed by atoms with E-state index < -0.39 is 0 Å². The van der Waals surface area contributed by atoms with Crippen LogP contribution in [0.1, 0.15) is 54.3 Å². The molecule has 0 spiro atoms. The van der Waals surface area contributed by atoms with Gasteiger partial charge in [-0.1, -0.05) is 13.8 Å². The summed E-state index contributed by atoms with van der Waals surface area (Å²) in [5, 5.41) is 14.6. The molecule has 2 N–H and O–H groups in total. The lowest BCUT2D eigenvalue weighted by atomic mass is 10.1. The van der Waals surface area contributed by atoms with E-state index in [4.69, 9.17) is 0 Å². The van der Waals surface area contributed by atoms with Crippen LogP contribution in [0.2, 0.25) is 0 Å². The summed E-state index contributed by atoms with van der Waals surface area (Å²) < 4.78 is 0. The minimum Gasteiger partial charge on any atom is -0.391 e. The number of aliphatic hydroxyl groups is 1. The Kier molecular flexibility index (Phi) is 3.84. The average Bonchev–Trinajstić information content (AvgIpc) is 2.88. The van der Waals surface area contributed by atoms with Crippen LogP contribution in [0.5, 0.6) is 0 Å². The van der Waals surface area contributed by atoms with Crippen LogP contribution in [0, 0.1) is 0 Å². The first kappa shape index (κ1) is 12.6. The molecule has 4 heteroatoms. The highest BCUT2D eigenvalue weighted by atomic mass is 32.1. The number of aliphatic hydroxyl groups excluding tert-OH is 1. The Labute approximate surface area is 106 Å². The van der Waals surface area contributed by atoms with Gasteiger partial charge >= 0.3 is 0 Å². The molecular weight excluding hydrogens is 234 g/mol. The number of amides is 1. The first-order valence-electron chi connectivity index (χ1n) is 6.15. The van der Waals surface area contributed by atoms with Crippen molar-refractivity contribution < 1.29 is 9.90 Å². The van der Waals surface area contributed by atoms with E-state index in [1.165, 1.54) is 16.9 Å². The van der Waals surface area contributed by atoms with Crippen LogP contribution >= 0.6 is 11.3 Å². The standard InChI is InChI=1S/C13H19NO2S/c1-8(2)9-6-12(17-7-9)13(16)14-10-4-3-5-11(10)15/h6-8,10-11,15H,3-5H2,1-2H3,(H,14,16)/t10-,11-/m1/s1. The van der Waals surface area contributed by atoms with E-state index in [1.54, 1.807) is 0 Å². The number of carbonyl (C=O) groups is 1. The lowest BCUT2D eigenvalue weighted by molar-refractivity contribution is 0.0877. The summed E-state index contributed by atoms with van der Waals surface area (Å²) in [6, 6.07) is 1.89. The Morgan fingerprint density at radius 2 is 2.29 bits per heavy atom. The van der Waals surface area contributed by atoms with Crippen LogP contribution < -0.4 is 5.32 Å². The molecule has 94 valence electrons. The van der Waals surface area contributed by atoms with Gasteiger partial charge in [0.25, 0.3) is 5.91 Å². The lowest BCUT2D eigenvalue weighted by Crippen LogP contribution is -2.39. The molecule has 0 radical (unpaired) electrons. The van der Waals surface area contributed by atoms with E-state index in [-0.39, 0.29) is 18.1 Å². The van der Waals surface area contributed by atoms with Crippen molar-refractivity contribution in [2.24, 2.45) is 0 Å². The third kappa shape index (κ3) is 2.87. The van der Waals surface area contributed by atoms with E-state index >= 15 is 0 Å². The second kappa shape index (κ2) is 5.19. The summed E-state index contributed by atoms with van der Waals surface area (Å²) in [7, 11) is 0. The van der Waals surface area contributed by atoms with Crippen LogP contribution in [-0.4, -0.2) is 23.2 Å². The normalized spacial score (nSPS) is 24.2. The molecule has 17 heavy (non-hydrogen) atoms. The summed E-state index contributed by atoms with van der Waals surface area (Å²) in [4.78, 5) is 12.7. The zero-order chi connectivity index (χ0) is 12.4. The van der Waals surface area contributed by atoms with Crippen LogP contribution in [0.25, 0.3) is 0 Å². The highest BCUT2D eigenvalue weighted by Gasteiger charge is 2.27. The largest absolute Gasteiger partial charge is 0.391 e. The molecule has 0 aromatic carbocycles. The van der Waals surface area contributed by atoms with Crippen molar-refractivity contribution in [3.8, 4) is 0 Å². The Balaban J connectivity index is 1.99. The molecule has 1 aromatic heterocycles. The third-order valence-corrected chi connectivity index (χ3v) is 4.25. The van der Waals surface area contributed by atoms with Crippen LogP contribution in [0.3, 0.4) is 0 Å². The number of hydrogen-bond donors (Lipinski definition) is 2. The molecule has 0 unspecified atom stereocenters. The minimum atomic E-state index is -0.372. The van der Waals surface area contributed by atoms with Crippen molar-refractivity contribution in [3.63, 3.8) is 0 Å². The smallest absolute Gasteiger partial charge is 0.261 e. The molecule has 2 atom stereocenters. The highest BCUT2D eigenvalue weighted by molar-refractivity contribution is 7.12. The molecule has 1 saturated carbocycles. The van der Waals surface area contributed by atoms with Gasteiger partial charge in [-0.25, -0.2) is 0 Å². The highest BCUT2D eigenvalue weighted by Crippen LogP contribution is 2.23. The summed E-state index contributed by atoms with van der Waals surface area (Å²) in [5.41, 5.74) is 1.20. The molecule has 0 saturated heterocycles. The summed E-state index contributed by atoms with van der Waals surface area (Å²) in [6.45, 7) is 4.23. The fourth-order valence-corrected chi connectivity index (χ4v) is 3.09. The van der Waals surface area contributed by atoms with Crippen LogP contribution in [-0.2, 0) is 0 Å². The van der Waals surface area contributed by atoms with E-state index in [0.29, 0.717) is 5.92 Å². The Hall–Kier alpha value is -0.870. The zero-order valence-electron chi connectivity index (χ0n) is 10.3. The number of thiophene rings is 1. The summed E-state index contributed by atoms with van der Waals surface area (Å²) >= 11 is 1.48. The van der Waals surface area contributed by atoms with Gasteiger partial charge in [0.2, 0.25) is 0 Å². The van der Waals surface area contributed by atoms with Crippen molar-refractivity contribution >= 4 is 17.2 Å². The summed E-state index contributed by atoms with van der Waals surface area (Å²) in [5.74, 6) is 0.401. The van der Waals surface area contributed by atoms with Crippen molar-refractivity contribution in [3.05, 3.63) is 21.9 Å². The lowest BCUT2D eigenvalue weighted by Gasteiger charge is -2.15. The van der Waals surface area contributed by atoms with Gasteiger partial charge in [0.05, 0.1) is 17.0 Å². The third-order valence-electron chi connectivity index (χ3n) is 3.31. The summed E-state index contributed by atoms with van der Waals surface area (Å²) in [6.07, 6.45) is 2.30. The van der Waals surface area contributed by atoms with E-state index in [0.717, 1.165) is 24.1 Å². The van der Waals surface area contributed by atoms with E-state index in [1.807, 2.05) is 11.4 Å². The number of hydrogen-bond acceptors (Lipinski definition) is 3. The fourth-order valence-electron chi connectivity index (χ4n) is 2.12. The molecule has 2 rings (SSSR count). The second-order valence-corrected chi connectivity index (χ2v) is 5.89. The first-order chi connectivity index (χ1) is 8.08. The molecule has 1 fully saturated rings. The van der Waals surface area contributed by atoms with Crippen molar-refractivity contribution in [2.75, 3.05) is 0 Å². The van der Waals surface area contributed by atoms with Gasteiger partial charge < -0.3 is 10.4 Å². The van der Waals surface area contributed by atoms with Gasteiger partial charge in [-0.15, -0.1) is 11.3 Å². The first-order valence-corrected chi connectivity index (χ1v) is 7.03. The quantitative estimate of drug-likeness (QED) is 0.869. The molecule has 0 bridgehead atoms. The molecule has 1 heterocycles. The molecule has 1 aliphatic rings. The van der Waals surface area contributed by atoms with Gasteiger partial charge in [0.1, 0.15) is 0 Å². The predicted octanol–water partition coefficient (Wildman–Crippen LogP) is 2.51. The van der Waals surface area contributed by atoms with Gasteiger partial charge in [-0.2, -0.15) is 0 Å². The van der Waals surface area contributed by atoms with Crippen LogP contribution in [0.4, 0.5) is 0 Å². The monoisotopic (exact) mass is 253 g/mol. The van der Waals surface area contributed by atoms with Gasteiger partial charge in [0.15, 0.2) is 0 Å². The van der Waals surface area contributed by atoms with Crippen LogP contribution in [0.15, 0.2) is 11.4 Å². The zero-order valence-corrected chi connectivity index (χ0v) is 11.1. The molecule has 1 aromatic rings. The fraction of sp³-hybridized carbons (Fsp3) is 0.615. The maximum Gasteiger partial charge on any atom is 0.261 e. The SMILES string of the molecule is CC(C)c1csc(C(=O)N[C@@H]2CCC[C@H]2O)c1. The van der Waals surface area contributed by atoms with E-state index in [2.05, 4.69) is 19.2 Å². The topological polar surface area (TPSA) is 49.3 Å². The molecule has 3 nitrogen and oxygen atoms in total. The Bertz CT molecular complexity index is 400. The second-order valence-electron chi connectivity index (χ2n) is 4.98. The minimum absolute atomic E-state index is 0.0483. The van der Waals surface area contributed by atoms with Crippen molar-refractivity contribution in [2.45, 2.75) is 51.2 Å². The van der Waals surface area contributed by atoms with E-state index in [9.17, 15) is 9.90 Å². The maximum absolute atomic E-state index is 12.0. The van der Waals surface area contributed by atoms with Gasteiger partial charge in [-0.3, -0.25) is 4.79 Å². The number of carbonyl (C=O) groups excluding carboxylic acids is 1. The maximum atomic E-state index is 12.0. The predicted molar refractivity (Wildman–Crippen MR) is 69.5 cm³/mol. The Morgan fingerprint density at radius 3 is 2.82 bits per heavy atom. The average molecular weight is 253 g/mol. The number of nitrogens with one attached hydrogen (secondary N) is 1. The molecule has 1 aliphatic carbocycles. The number of rotatable bonds is 3. The Morgan fingerprint density at radius 1 is 1.53 bits per heavy atom. The van der Waals surface area contributed by atoms with Gasteiger partial charge in [0, 0.05) is 0 Å².